The van der Waals surface area contributed by atoms with Crippen LogP contribution in [0.5, 0.6) is 0 Å². The highest BCUT2D eigenvalue weighted by Crippen LogP contribution is 2.16. The number of nitrogens with one attached hydrogen (secondary N) is 1. The topological polar surface area (TPSA) is 28.2 Å². The van der Waals surface area contributed by atoms with Crippen LogP contribution in [-0.4, -0.2) is 24.6 Å². The molecule has 0 spiro atoms. The quantitative estimate of drug-likeness (QED) is 0.753. The van der Waals surface area contributed by atoms with Gasteiger partial charge in [-0.3, -0.25) is 0 Å². The molecule has 18 heavy (non-hydrogen) atoms. The van der Waals surface area contributed by atoms with E-state index in [1.54, 1.807) is 0 Å². The molecular weight excluding hydrogens is 222 g/mol. The summed E-state index contributed by atoms with van der Waals surface area (Å²) in [5, 5.41) is 3.42. The minimum absolute atomic E-state index is 0.529. The van der Waals surface area contributed by atoms with Crippen LogP contribution >= 0.6 is 0 Å². The Labute approximate surface area is 112 Å². The zero-order valence-corrected chi connectivity index (χ0v) is 12.5. The molecule has 1 atom stereocenters. The lowest BCUT2D eigenvalue weighted by Gasteiger charge is -2.25. The van der Waals surface area contributed by atoms with E-state index >= 15 is 0 Å². The van der Waals surface area contributed by atoms with Crippen LogP contribution in [0.2, 0.25) is 0 Å². The van der Waals surface area contributed by atoms with Crippen LogP contribution in [0.4, 0.5) is 5.82 Å². The third-order valence-electron chi connectivity index (χ3n) is 3.54. The molecule has 1 unspecified atom stereocenters. The molecule has 0 aliphatic carbocycles. The number of anilines is 1. The monoisotopic (exact) mass is 249 g/mol. The molecule has 1 aromatic heterocycles. The highest BCUT2D eigenvalue weighted by Gasteiger charge is 2.10. The Morgan fingerprint density at radius 1 is 1.33 bits per heavy atom. The van der Waals surface area contributed by atoms with Gasteiger partial charge in [0.15, 0.2) is 0 Å². The first kappa shape index (κ1) is 15.0. The van der Waals surface area contributed by atoms with Gasteiger partial charge in [-0.05, 0) is 44.9 Å². The fourth-order valence-electron chi connectivity index (χ4n) is 1.86. The summed E-state index contributed by atoms with van der Waals surface area (Å²) in [5.74, 6) is 1.07. The van der Waals surface area contributed by atoms with Crippen molar-refractivity contribution in [3.63, 3.8) is 0 Å². The van der Waals surface area contributed by atoms with Crippen molar-refractivity contribution in [2.75, 3.05) is 18.5 Å². The van der Waals surface area contributed by atoms with Gasteiger partial charge in [-0.15, -0.1) is 0 Å². The minimum atomic E-state index is 0.529. The maximum atomic E-state index is 4.71. The molecule has 0 saturated carbocycles. The molecule has 102 valence electrons. The number of rotatable bonds is 7. The number of nitrogens with zero attached hydrogens (tertiary/aromatic N) is 2. The van der Waals surface area contributed by atoms with Crippen molar-refractivity contribution >= 4 is 5.82 Å². The smallest absolute Gasteiger partial charge is 0.128 e. The Bertz CT molecular complexity index is 363. The maximum absolute atomic E-state index is 4.71. The summed E-state index contributed by atoms with van der Waals surface area (Å²) in [4.78, 5) is 6.95. The van der Waals surface area contributed by atoms with E-state index in [2.05, 4.69) is 57.1 Å². The molecule has 0 saturated heterocycles. The van der Waals surface area contributed by atoms with E-state index in [4.69, 9.17) is 4.98 Å². The van der Waals surface area contributed by atoms with Crippen molar-refractivity contribution in [1.29, 1.82) is 0 Å². The van der Waals surface area contributed by atoms with Gasteiger partial charge >= 0.3 is 0 Å². The molecule has 0 amide bonds. The van der Waals surface area contributed by atoms with Crippen LogP contribution in [0.25, 0.3) is 0 Å². The van der Waals surface area contributed by atoms with Gasteiger partial charge in [-0.1, -0.05) is 19.9 Å². The highest BCUT2D eigenvalue weighted by molar-refractivity contribution is 5.41. The van der Waals surface area contributed by atoms with Crippen molar-refractivity contribution < 1.29 is 0 Å². The number of hydrogen-bond acceptors (Lipinski definition) is 3. The average molecular weight is 249 g/mol. The molecule has 0 fully saturated rings. The summed E-state index contributed by atoms with van der Waals surface area (Å²) in [6, 6.07) is 4.85. The van der Waals surface area contributed by atoms with Gasteiger partial charge in [-0.2, -0.15) is 0 Å². The van der Waals surface area contributed by atoms with E-state index in [1.807, 2.05) is 0 Å². The van der Waals surface area contributed by atoms with E-state index in [0.29, 0.717) is 6.04 Å². The molecule has 1 heterocycles. The van der Waals surface area contributed by atoms with Crippen LogP contribution in [0, 0.1) is 6.92 Å². The summed E-state index contributed by atoms with van der Waals surface area (Å²) in [5.41, 5.74) is 2.43. The number of hydrogen-bond donors (Lipinski definition) is 1. The van der Waals surface area contributed by atoms with Crippen molar-refractivity contribution in [3.05, 3.63) is 23.4 Å². The second kappa shape index (κ2) is 7.37. The molecule has 3 heteroatoms. The van der Waals surface area contributed by atoms with E-state index in [-0.39, 0.29) is 0 Å². The number of aryl methyl sites for hydroxylation is 1. The molecular formula is C15H27N3. The Morgan fingerprint density at radius 2 is 2.06 bits per heavy atom. The third-order valence-corrected chi connectivity index (χ3v) is 3.54. The van der Waals surface area contributed by atoms with Crippen LogP contribution < -0.4 is 10.2 Å². The predicted molar refractivity (Wildman–Crippen MR) is 79.1 cm³/mol. The summed E-state index contributed by atoms with van der Waals surface area (Å²) in [6.07, 6.45) is 2.30. The summed E-state index contributed by atoms with van der Waals surface area (Å²) in [6.45, 7) is 10.7. The largest absolute Gasteiger partial charge is 0.357 e. The SMILES string of the molecule is CCCNCc1ccc(N(C)C(C)CC)nc1C. The van der Waals surface area contributed by atoms with Gasteiger partial charge in [0, 0.05) is 25.3 Å². The molecule has 3 nitrogen and oxygen atoms in total. The fourth-order valence-corrected chi connectivity index (χ4v) is 1.86. The summed E-state index contributed by atoms with van der Waals surface area (Å²) < 4.78 is 0. The molecule has 0 aliphatic rings. The highest BCUT2D eigenvalue weighted by atomic mass is 15.2. The van der Waals surface area contributed by atoms with E-state index in [1.165, 1.54) is 12.0 Å². The van der Waals surface area contributed by atoms with Crippen molar-refractivity contribution in [2.45, 2.75) is 53.1 Å². The Morgan fingerprint density at radius 3 is 2.61 bits per heavy atom. The van der Waals surface area contributed by atoms with Gasteiger partial charge in [0.05, 0.1) is 0 Å². The standard InChI is InChI=1S/C15H27N3/c1-6-10-16-11-14-8-9-15(17-13(14)4)18(5)12(3)7-2/h8-9,12,16H,6-7,10-11H2,1-5H3. The van der Waals surface area contributed by atoms with Crippen LogP contribution in [-0.2, 0) is 6.54 Å². The van der Waals surface area contributed by atoms with Crippen molar-refractivity contribution in [3.8, 4) is 0 Å². The van der Waals surface area contributed by atoms with Crippen molar-refractivity contribution in [1.82, 2.24) is 10.3 Å². The molecule has 1 rings (SSSR count). The van der Waals surface area contributed by atoms with Gasteiger partial charge in [0.2, 0.25) is 0 Å². The third kappa shape index (κ3) is 3.98. The molecule has 0 aliphatic heterocycles. The van der Waals surface area contributed by atoms with Crippen LogP contribution in [0.1, 0.15) is 44.9 Å². The maximum Gasteiger partial charge on any atom is 0.128 e. The predicted octanol–water partition coefficient (Wildman–Crippen LogP) is 3.12. The lowest BCUT2D eigenvalue weighted by Crippen LogP contribution is -2.29. The van der Waals surface area contributed by atoms with Crippen LogP contribution in [0.15, 0.2) is 12.1 Å². The zero-order chi connectivity index (χ0) is 13.5. The van der Waals surface area contributed by atoms with Gasteiger partial charge in [0.25, 0.3) is 0 Å². The molecule has 1 N–H and O–H groups in total. The fraction of sp³-hybridized carbons (Fsp3) is 0.667. The Kier molecular flexibility index (Phi) is 6.13. The zero-order valence-electron chi connectivity index (χ0n) is 12.5. The number of pyridine rings is 1. The normalized spacial score (nSPS) is 12.5. The first-order valence-corrected chi connectivity index (χ1v) is 7.00. The Hall–Kier alpha value is -1.09. The lowest BCUT2D eigenvalue weighted by atomic mass is 10.2. The minimum Gasteiger partial charge on any atom is -0.357 e. The van der Waals surface area contributed by atoms with Gasteiger partial charge in [0.1, 0.15) is 5.82 Å². The Balaban J connectivity index is 2.72. The van der Waals surface area contributed by atoms with Crippen LogP contribution in [0.3, 0.4) is 0 Å². The molecule has 0 radical (unpaired) electrons. The van der Waals surface area contributed by atoms with E-state index < -0.39 is 0 Å². The van der Waals surface area contributed by atoms with E-state index in [9.17, 15) is 0 Å². The molecule has 0 bridgehead atoms. The summed E-state index contributed by atoms with van der Waals surface area (Å²) >= 11 is 0. The number of aromatic nitrogens is 1. The second-order valence-electron chi connectivity index (χ2n) is 4.96. The van der Waals surface area contributed by atoms with Gasteiger partial charge < -0.3 is 10.2 Å². The van der Waals surface area contributed by atoms with Gasteiger partial charge in [-0.25, -0.2) is 4.98 Å². The summed E-state index contributed by atoms with van der Waals surface area (Å²) in [7, 11) is 2.12. The first-order chi connectivity index (χ1) is 8.60. The second-order valence-corrected chi connectivity index (χ2v) is 4.96. The first-order valence-electron chi connectivity index (χ1n) is 7.00. The molecule has 1 aromatic rings. The molecule has 0 aromatic carbocycles. The average Bonchev–Trinajstić information content (AvgIpc) is 2.39. The lowest BCUT2D eigenvalue weighted by molar-refractivity contribution is 0.651. The van der Waals surface area contributed by atoms with E-state index in [0.717, 1.165) is 31.0 Å². The van der Waals surface area contributed by atoms with Crippen molar-refractivity contribution in [2.24, 2.45) is 0 Å².